The molecule has 0 aliphatic carbocycles. The van der Waals surface area contributed by atoms with Crippen LogP contribution in [0.1, 0.15) is 20.3 Å². The van der Waals surface area contributed by atoms with Gasteiger partial charge in [-0.1, -0.05) is 13.8 Å². The fourth-order valence-corrected chi connectivity index (χ4v) is 2.33. The van der Waals surface area contributed by atoms with Crippen molar-refractivity contribution in [3.63, 3.8) is 0 Å². The second-order valence-corrected chi connectivity index (χ2v) is 4.27. The van der Waals surface area contributed by atoms with Crippen LogP contribution in [0.2, 0.25) is 0 Å². The topological polar surface area (TPSA) is 3.24 Å². The van der Waals surface area contributed by atoms with Gasteiger partial charge in [-0.05, 0) is 18.3 Å². The summed E-state index contributed by atoms with van der Waals surface area (Å²) in [6.45, 7) is 8.22. The smallest absolute Gasteiger partial charge is 0.0351 e. The molecule has 0 saturated carbocycles. The minimum Gasteiger partial charge on any atom is -0.302 e. The molecule has 0 bridgehead atoms. The fourth-order valence-electron chi connectivity index (χ4n) is 2.09. The van der Waals surface area contributed by atoms with Gasteiger partial charge < -0.3 is 4.90 Å². The average Bonchev–Trinajstić information content (AvgIpc) is 1.85. The summed E-state index contributed by atoms with van der Waals surface area (Å²) in [6, 6.07) is 0. The number of halogens is 1. The van der Waals surface area contributed by atoms with E-state index in [1.54, 1.807) is 0 Å². The van der Waals surface area contributed by atoms with Crippen molar-refractivity contribution in [1.29, 1.82) is 0 Å². The molecule has 2 atom stereocenters. The van der Waals surface area contributed by atoms with Gasteiger partial charge in [0.05, 0.1) is 0 Å². The van der Waals surface area contributed by atoms with E-state index in [9.17, 15) is 0 Å². The summed E-state index contributed by atoms with van der Waals surface area (Å²) in [5.41, 5.74) is 0. The van der Waals surface area contributed by atoms with Crippen molar-refractivity contribution in [1.82, 2.24) is 4.90 Å². The molecule has 0 spiro atoms. The van der Waals surface area contributed by atoms with Gasteiger partial charge in [0, 0.05) is 25.5 Å². The first-order valence-electron chi connectivity index (χ1n) is 4.50. The van der Waals surface area contributed by atoms with E-state index >= 15 is 0 Å². The summed E-state index contributed by atoms with van der Waals surface area (Å²) >= 11 is 5.69. The van der Waals surface area contributed by atoms with Gasteiger partial charge in [-0.25, -0.2) is 0 Å². The zero-order valence-electron chi connectivity index (χ0n) is 7.52. The fraction of sp³-hybridized carbons (Fsp3) is 1.00. The number of hydrogen-bond donors (Lipinski definition) is 0. The first-order valence-corrected chi connectivity index (χ1v) is 5.04. The molecule has 11 heavy (non-hydrogen) atoms. The van der Waals surface area contributed by atoms with Crippen LogP contribution >= 0.6 is 11.6 Å². The Morgan fingerprint density at radius 2 is 1.82 bits per heavy atom. The minimum atomic E-state index is 0.777. The normalized spacial score (nSPS) is 34.1. The number of likely N-dealkylation sites (tertiary alicyclic amines) is 1. The SMILES string of the molecule is CC1CC(C)CN(CCCl)C1. The maximum Gasteiger partial charge on any atom is 0.0351 e. The molecular formula is C9H18ClN. The van der Waals surface area contributed by atoms with Gasteiger partial charge in [-0.3, -0.25) is 0 Å². The van der Waals surface area contributed by atoms with Gasteiger partial charge in [-0.15, -0.1) is 11.6 Å². The predicted molar refractivity (Wildman–Crippen MR) is 50.1 cm³/mol. The maximum atomic E-state index is 5.69. The lowest BCUT2D eigenvalue weighted by Gasteiger charge is -2.34. The molecule has 0 radical (unpaired) electrons. The molecule has 0 aromatic carbocycles. The van der Waals surface area contributed by atoms with E-state index in [1.165, 1.54) is 19.5 Å². The van der Waals surface area contributed by atoms with Gasteiger partial charge >= 0.3 is 0 Å². The molecule has 1 saturated heterocycles. The lowest BCUT2D eigenvalue weighted by molar-refractivity contribution is 0.148. The molecule has 66 valence electrons. The van der Waals surface area contributed by atoms with E-state index < -0.39 is 0 Å². The minimum absolute atomic E-state index is 0.777. The van der Waals surface area contributed by atoms with Crippen LogP contribution < -0.4 is 0 Å². The molecule has 2 unspecified atom stereocenters. The summed E-state index contributed by atoms with van der Waals surface area (Å²) in [6.07, 6.45) is 1.39. The Kier molecular flexibility index (Phi) is 3.67. The molecule has 1 fully saturated rings. The Bertz CT molecular complexity index is 106. The molecule has 0 amide bonds. The van der Waals surface area contributed by atoms with E-state index in [-0.39, 0.29) is 0 Å². The zero-order valence-corrected chi connectivity index (χ0v) is 8.27. The van der Waals surface area contributed by atoms with Gasteiger partial charge in [0.2, 0.25) is 0 Å². The highest BCUT2D eigenvalue weighted by molar-refractivity contribution is 6.18. The zero-order chi connectivity index (χ0) is 8.27. The third kappa shape index (κ3) is 3.00. The Morgan fingerprint density at radius 3 is 2.27 bits per heavy atom. The highest BCUT2D eigenvalue weighted by atomic mass is 35.5. The third-order valence-corrected chi connectivity index (χ3v) is 2.51. The third-order valence-electron chi connectivity index (χ3n) is 2.35. The Labute approximate surface area is 74.7 Å². The summed E-state index contributed by atoms with van der Waals surface area (Å²) in [7, 11) is 0. The largest absolute Gasteiger partial charge is 0.302 e. The van der Waals surface area contributed by atoms with E-state index in [0.717, 1.165) is 24.3 Å². The van der Waals surface area contributed by atoms with Crippen LogP contribution in [0.5, 0.6) is 0 Å². The van der Waals surface area contributed by atoms with E-state index in [0.29, 0.717) is 0 Å². The molecule has 0 N–H and O–H groups in total. The van der Waals surface area contributed by atoms with E-state index in [2.05, 4.69) is 18.7 Å². The molecule has 1 aliphatic heterocycles. The molecule has 1 heterocycles. The van der Waals surface area contributed by atoms with Crippen LogP contribution in [0.3, 0.4) is 0 Å². The van der Waals surface area contributed by atoms with Crippen molar-refractivity contribution in [3.8, 4) is 0 Å². The van der Waals surface area contributed by atoms with Crippen LogP contribution in [0, 0.1) is 11.8 Å². The Morgan fingerprint density at radius 1 is 1.27 bits per heavy atom. The standard InChI is InChI=1S/C9H18ClN/c1-8-5-9(2)7-11(6-8)4-3-10/h8-9H,3-7H2,1-2H3. The van der Waals surface area contributed by atoms with Crippen molar-refractivity contribution in [3.05, 3.63) is 0 Å². The summed E-state index contributed by atoms with van der Waals surface area (Å²) in [4.78, 5) is 2.48. The molecule has 0 aromatic heterocycles. The van der Waals surface area contributed by atoms with Crippen LogP contribution in [0.4, 0.5) is 0 Å². The molecule has 1 rings (SSSR count). The Hall–Kier alpha value is 0.250. The predicted octanol–water partition coefficient (Wildman–Crippen LogP) is 2.20. The monoisotopic (exact) mass is 175 g/mol. The highest BCUT2D eigenvalue weighted by Gasteiger charge is 2.20. The number of nitrogens with zero attached hydrogens (tertiary/aromatic N) is 1. The van der Waals surface area contributed by atoms with Crippen LogP contribution in [-0.2, 0) is 0 Å². The first kappa shape index (κ1) is 9.34. The quantitative estimate of drug-likeness (QED) is 0.582. The van der Waals surface area contributed by atoms with Crippen molar-refractivity contribution in [2.24, 2.45) is 11.8 Å². The molecule has 1 aliphatic rings. The number of piperidine rings is 1. The van der Waals surface area contributed by atoms with Crippen molar-refractivity contribution in [2.75, 3.05) is 25.5 Å². The maximum absolute atomic E-state index is 5.69. The van der Waals surface area contributed by atoms with Crippen LogP contribution in [0.15, 0.2) is 0 Å². The molecular weight excluding hydrogens is 158 g/mol. The Balaban J connectivity index is 2.30. The lowest BCUT2D eigenvalue weighted by Crippen LogP contribution is -2.39. The average molecular weight is 176 g/mol. The van der Waals surface area contributed by atoms with Crippen molar-refractivity contribution in [2.45, 2.75) is 20.3 Å². The second-order valence-electron chi connectivity index (χ2n) is 3.89. The first-order chi connectivity index (χ1) is 5.22. The van der Waals surface area contributed by atoms with Crippen LogP contribution in [0.25, 0.3) is 0 Å². The van der Waals surface area contributed by atoms with Crippen molar-refractivity contribution < 1.29 is 0 Å². The molecule has 0 aromatic rings. The van der Waals surface area contributed by atoms with Crippen molar-refractivity contribution >= 4 is 11.6 Å². The summed E-state index contributed by atoms with van der Waals surface area (Å²) in [5.74, 6) is 2.50. The number of rotatable bonds is 2. The van der Waals surface area contributed by atoms with Gasteiger partial charge in [0.15, 0.2) is 0 Å². The lowest BCUT2D eigenvalue weighted by atomic mass is 9.92. The van der Waals surface area contributed by atoms with Gasteiger partial charge in [0.1, 0.15) is 0 Å². The van der Waals surface area contributed by atoms with E-state index in [4.69, 9.17) is 11.6 Å². The molecule has 1 nitrogen and oxygen atoms in total. The summed E-state index contributed by atoms with van der Waals surface area (Å²) in [5, 5.41) is 0. The van der Waals surface area contributed by atoms with E-state index in [1.807, 2.05) is 0 Å². The second kappa shape index (κ2) is 4.32. The number of hydrogen-bond acceptors (Lipinski definition) is 1. The van der Waals surface area contributed by atoms with Gasteiger partial charge in [-0.2, -0.15) is 0 Å². The van der Waals surface area contributed by atoms with Gasteiger partial charge in [0.25, 0.3) is 0 Å². The van der Waals surface area contributed by atoms with Crippen LogP contribution in [-0.4, -0.2) is 30.4 Å². The number of alkyl halides is 1. The highest BCUT2D eigenvalue weighted by Crippen LogP contribution is 2.20. The summed E-state index contributed by atoms with van der Waals surface area (Å²) < 4.78 is 0. The molecule has 2 heteroatoms.